The van der Waals surface area contributed by atoms with Gasteiger partial charge < -0.3 is 28.5 Å². The third kappa shape index (κ3) is 3.88. The first-order chi connectivity index (χ1) is 12.6. The maximum atomic E-state index is 13.7. The lowest BCUT2D eigenvalue weighted by Gasteiger charge is -2.55. The van der Waals surface area contributed by atoms with Crippen LogP contribution >= 0.6 is 0 Å². The van der Waals surface area contributed by atoms with Crippen LogP contribution in [-0.2, 0) is 0 Å². The molecule has 0 spiro atoms. The molecule has 5 rings (SSSR count). The van der Waals surface area contributed by atoms with Gasteiger partial charge in [0.05, 0.1) is 20.1 Å². The SMILES string of the molecule is CCCCN(C(=O)c1cccc2ccccc12)C1CC2CC[N+]1(C)CC2.[I-]. The maximum Gasteiger partial charge on any atom is 0.258 e. The van der Waals surface area contributed by atoms with Gasteiger partial charge in [0.2, 0.25) is 0 Å². The molecular formula is C23H31IN2O. The molecule has 3 aliphatic rings. The molecule has 1 unspecified atom stereocenters. The van der Waals surface area contributed by atoms with Gasteiger partial charge in [0.15, 0.2) is 6.17 Å². The van der Waals surface area contributed by atoms with E-state index in [1.54, 1.807) is 0 Å². The molecule has 27 heavy (non-hydrogen) atoms. The van der Waals surface area contributed by atoms with Crippen molar-refractivity contribution in [2.45, 2.75) is 45.2 Å². The van der Waals surface area contributed by atoms with Crippen LogP contribution in [0.2, 0.25) is 0 Å². The van der Waals surface area contributed by atoms with Gasteiger partial charge in [-0.05, 0) is 42.0 Å². The van der Waals surface area contributed by atoms with Crippen molar-refractivity contribution < 1.29 is 33.3 Å². The minimum absolute atomic E-state index is 0. The Morgan fingerprint density at radius 2 is 1.81 bits per heavy atom. The number of carbonyl (C=O) groups excluding carboxylic acids is 1. The van der Waals surface area contributed by atoms with Crippen LogP contribution in [0.3, 0.4) is 0 Å². The number of hydrogen-bond acceptors (Lipinski definition) is 1. The predicted molar refractivity (Wildman–Crippen MR) is 107 cm³/mol. The van der Waals surface area contributed by atoms with Crippen molar-refractivity contribution in [1.82, 2.24) is 4.90 Å². The molecule has 3 saturated heterocycles. The van der Waals surface area contributed by atoms with Crippen molar-refractivity contribution in [2.75, 3.05) is 26.7 Å². The molecule has 0 aliphatic carbocycles. The Kier molecular flexibility index (Phi) is 6.46. The highest BCUT2D eigenvalue weighted by molar-refractivity contribution is 6.07. The molecule has 3 aliphatic heterocycles. The summed E-state index contributed by atoms with van der Waals surface area (Å²) in [6.07, 6.45) is 6.39. The molecule has 1 amide bonds. The second-order valence-corrected chi connectivity index (χ2v) is 8.47. The molecule has 0 radical (unpaired) electrons. The van der Waals surface area contributed by atoms with E-state index in [0.29, 0.717) is 6.17 Å². The molecule has 3 fully saturated rings. The summed E-state index contributed by atoms with van der Waals surface area (Å²) in [5.41, 5.74) is 0.869. The van der Waals surface area contributed by atoms with E-state index in [9.17, 15) is 4.79 Å². The first-order valence-electron chi connectivity index (χ1n) is 10.3. The number of hydrogen-bond donors (Lipinski definition) is 0. The number of halogens is 1. The molecule has 4 heteroatoms. The summed E-state index contributed by atoms with van der Waals surface area (Å²) in [5, 5.41) is 2.24. The maximum absolute atomic E-state index is 13.7. The van der Waals surface area contributed by atoms with E-state index in [2.05, 4.69) is 37.1 Å². The molecule has 3 nitrogen and oxygen atoms in total. The van der Waals surface area contributed by atoms with Gasteiger partial charge in [-0.25, -0.2) is 0 Å². The van der Waals surface area contributed by atoms with Crippen LogP contribution in [0.15, 0.2) is 42.5 Å². The minimum atomic E-state index is 0. The topological polar surface area (TPSA) is 20.3 Å². The number of piperidine rings is 3. The van der Waals surface area contributed by atoms with Crippen molar-refractivity contribution in [3.63, 3.8) is 0 Å². The zero-order valence-corrected chi connectivity index (χ0v) is 18.7. The Balaban J connectivity index is 0.00000210. The van der Waals surface area contributed by atoms with E-state index in [1.165, 1.54) is 32.4 Å². The molecule has 3 heterocycles. The Morgan fingerprint density at radius 1 is 1.11 bits per heavy atom. The number of amides is 1. The van der Waals surface area contributed by atoms with E-state index < -0.39 is 0 Å². The first kappa shape index (κ1) is 20.6. The molecule has 0 saturated carbocycles. The van der Waals surface area contributed by atoms with Crippen molar-refractivity contribution in [3.05, 3.63) is 48.0 Å². The number of quaternary nitrogens is 1. The Bertz CT molecular complexity index is 793. The van der Waals surface area contributed by atoms with Gasteiger partial charge in [-0.3, -0.25) is 9.69 Å². The molecule has 146 valence electrons. The first-order valence-corrected chi connectivity index (χ1v) is 10.3. The number of unbranched alkanes of at least 4 members (excludes halogenated alkanes) is 1. The molecule has 0 aromatic heterocycles. The Hall–Kier alpha value is -1.14. The molecule has 1 atom stereocenters. The fourth-order valence-corrected chi connectivity index (χ4v) is 5.04. The van der Waals surface area contributed by atoms with Crippen LogP contribution in [0.5, 0.6) is 0 Å². The fourth-order valence-electron chi connectivity index (χ4n) is 5.04. The summed E-state index contributed by atoms with van der Waals surface area (Å²) in [7, 11) is 2.37. The van der Waals surface area contributed by atoms with Gasteiger partial charge in [0.1, 0.15) is 0 Å². The van der Waals surface area contributed by atoms with Crippen LogP contribution in [0.25, 0.3) is 10.8 Å². The zero-order valence-electron chi connectivity index (χ0n) is 16.5. The molecule has 2 aromatic carbocycles. The van der Waals surface area contributed by atoms with E-state index in [4.69, 9.17) is 0 Å². The van der Waals surface area contributed by atoms with Crippen molar-refractivity contribution in [2.24, 2.45) is 5.92 Å². The molecule has 2 bridgehead atoms. The summed E-state index contributed by atoms with van der Waals surface area (Å²) in [5.74, 6) is 1.04. The number of carbonyl (C=O) groups is 1. The normalized spacial score (nSPS) is 26.6. The van der Waals surface area contributed by atoms with Crippen LogP contribution in [0.1, 0.15) is 49.4 Å². The standard InChI is InChI=1S/C23H31N2O.HI/c1-3-4-14-24(22-17-18-12-15-25(22,2)16-13-18)23(26)21-11-7-9-19-8-5-6-10-20(19)21;/h5-11,18,22H,3-4,12-17H2,1-2H3;1H/q+1;/p-1. The van der Waals surface area contributed by atoms with Crippen LogP contribution in [0.4, 0.5) is 0 Å². The number of rotatable bonds is 5. The zero-order chi connectivity index (χ0) is 18.1. The van der Waals surface area contributed by atoms with E-state index >= 15 is 0 Å². The largest absolute Gasteiger partial charge is 1.00 e. The Labute approximate surface area is 180 Å². The highest BCUT2D eigenvalue weighted by atomic mass is 127. The summed E-state index contributed by atoms with van der Waals surface area (Å²) in [6.45, 7) is 5.54. The molecule has 0 N–H and O–H groups in total. The van der Waals surface area contributed by atoms with Gasteiger partial charge in [-0.2, -0.15) is 0 Å². The highest BCUT2D eigenvalue weighted by Gasteiger charge is 2.48. The van der Waals surface area contributed by atoms with Crippen LogP contribution in [-0.4, -0.2) is 48.1 Å². The average Bonchev–Trinajstić information content (AvgIpc) is 2.68. The predicted octanol–water partition coefficient (Wildman–Crippen LogP) is 1.67. The quantitative estimate of drug-likeness (QED) is 0.473. The minimum Gasteiger partial charge on any atom is -1.00 e. The lowest BCUT2D eigenvalue weighted by molar-refractivity contribution is -0.958. The fraction of sp³-hybridized carbons (Fsp3) is 0.522. The second kappa shape index (κ2) is 8.48. The van der Waals surface area contributed by atoms with Gasteiger partial charge in [-0.15, -0.1) is 0 Å². The lowest BCUT2D eigenvalue weighted by atomic mass is 9.83. The van der Waals surface area contributed by atoms with Gasteiger partial charge >= 0.3 is 0 Å². The van der Waals surface area contributed by atoms with E-state index in [1.807, 2.05) is 24.3 Å². The highest BCUT2D eigenvalue weighted by Crippen LogP contribution is 2.39. The van der Waals surface area contributed by atoms with Gasteiger partial charge in [-0.1, -0.05) is 49.7 Å². The average molecular weight is 478 g/mol. The summed E-state index contributed by atoms with van der Waals surface area (Å²) < 4.78 is 1.05. The number of nitrogens with zero attached hydrogens (tertiary/aromatic N) is 2. The monoisotopic (exact) mass is 478 g/mol. The van der Waals surface area contributed by atoms with Crippen LogP contribution < -0.4 is 24.0 Å². The summed E-state index contributed by atoms with van der Waals surface area (Å²) >= 11 is 0. The third-order valence-corrected chi connectivity index (χ3v) is 6.75. The van der Waals surface area contributed by atoms with Gasteiger partial charge in [0.25, 0.3) is 5.91 Å². The summed E-state index contributed by atoms with van der Waals surface area (Å²) in [4.78, 5) is 15.9. The lowest BCUT2D eigenvalue weighted by Crippen LogP contribution is -3.00. The van der Waals surface area contributed by atoms with Crippen LogP contribution in [0, 0.1) is 5.92 Å². The number of fused-ring (bicyclic) bond motifs is 4. The number of benzene rings is 2. The Morgan fingerprint density at radius 3 is 2.52 bits per heavy atom. The van der Waals surface area contributed by atoms with Crippen molar-refractivity contribution in [1.29, 1.82) is 0 Å². The molecular weight excluding hydrogens is 447 g/mol. The van der Waals surface area contributed by atoms with Gasteiger partial charge in [0, 0.05) is 18.5 Å². The van der Waals surface area contributed by atoms with Crippen molar-refractivity contribution in [3.8, 4) is 0 Å². The van der Waals surface area contributed by atoms with Crippen molar-refractivity contribution >= 4 is 16.7 Å². The smallest absolute Gasteiger partial charge is 0.258 e. The second-order valence-electron chi connectivity index (χ2n) is 8.47. The van der Waals surface area contributed by atoms with E-state index in [0.717, 1.165) is 46.1 Å². The molecule has 2 aromatic rings. The third-order valence-electron chi connectivity index (χ3n) is 6.75. The van der Waals surface area contributed by atoms with E-state index in [-0.39, 0.29) is 29.9 Å². The summed E-state index contributed by atoms with van der Waals surface area (Å²) in [6, 6.07) is 14.4.